The topological polar surface area (TPSA) is 12.9 Å². The Kier molecular flexibility index (Phi) is 2.69. The molecular formula is C12H12ClN. The van der Waals surface area contributed by atoms with Crippen molar-refractivity contribution in [1.82, 2.24) is 4.98 Å². The van der Waals surface area contributed by atoms with Crippen molar-refractivity contribution in [1.29, 1.82) is 0 Å². The highest BCUT2D eigenvalue weighted by Gasteiger charge is 2.05. The molecule has 0 saturated heterocycles. The van der Waals surface area contributed by atoms with Crippen LogP contribution in [0.3, 0.4) is 0 Å². The maximum atomic E-state index is 6.16. The summed E-state index contributed by atoms with van der Waals surface area (Å²) in [7, 11) is 0. The SMILES string of the molecule is CCC(Cl)c1ccc2cccnc2c1. The molecule has 1 aromatic carbocycles. The molecule has 1 heterocycles. The molecule has 0 spiro atoms. The number of pyridine rings is 1. The summed E-state index contributed by atoms with van der Waals surface area (Å²) in [5.74, 6) is 0. The highest BCUT2D eigenvalue weighted by atomic mass is 35.5. The molecule has 0 amide bonds. The van der Waals surface area contributed by atoms with Gasteiger partial charge in [-0.2, -0.15) is 0 Å². The number of alkyl halides is 1. The Balaban J connectivity index is 2.51. The lowest BCUT2D eigenvalue weighted by atomic mass is 10.1. The lowest BCUT2D eigenvalue weighted by Crippen LogP contribution is -1.88. The van der Waals surface area contributed by atoms with Gasteiger partial charge in [0.15, 0.2) is 0 Å². The van der Waals surface area contributed by atoms with E-state index in [4.69, 9.17) is 11.6 Å². The van der Waals surface area contributed by atoms with Crippen LogP contribution in [0.2, 0.25) is 0 Å². The van der Waals surface area contributed by atoms with E-state index in [1.807, 2.05) is 6.07 Å². The normalized spacial score (nSPS) is 13.0. The van der Waals surface area contributed by atoms with Crippen LogP contribution in [0.5, 0.6) is 0 Å². The van der Waals surface area contributed by atoms with Crippen molar-refractivity contribution < 1.29 is 0 Å². The second-order valence-corrected chi connectivity index (χ2v) is 3.86. The van der Waals surface area contributed by atoms with Crippen molar-refractivity contribution in [3.8, 4) is 0 Å². The summed E-state index contributed by atoms with van der Waals surface area (Å²) in [6.45, 7) is 2.08. The van der Waals surface area contributed by atoms with Gasteiger partial charge < -0.3 is 0 Å². The second kappa shape index (κ2) is 3.97. The standard InChI is InChI=1S/C12H12ClN/c1-2-11(13)10-6-5-9-4-3-7-14-12(9)8-10/h3-8,11H,2H2,1H3. The van der Waals surface area contributed by atoms with Gasteiger partial charge in [-0.3, -0.25) is 4.98 Å². The molecule has 0 aliphatic heterocycles. The third kappa shape index (κ3) is 1.73. The van der Waals surface area contributed by atoms with E-state index < -0.39 is 0 Å². The number of fused-ring (bicyclic) bond motifs is 1. The maximum Gasteiger partial charge on any atom is 0.0705 e. The molecule has 1 aromatic heterocycles. The number of halogens is 1. The zero-order valence-electron chi connectivity index (χ0n) is 8.07. The summed E-state index contributed by atoms with van der Waals surface area (Å²) in [5, 5.41) is 1.26. The van der Waals surface area contributed by atoms with Crippen LogP contribution in [0.25, 0.3) is 10.9 Å². The number of hydrogen-bond acceptors (Lipinski definition) is 1. The number of benzene rings is 1. The van der Waals surface area contributed by atoms with Gasteiger partial charge in [0.1, 0.15) is 0 Å². The van der Waals surface area contributed by atoms with Crippen molar-refractivity contribution in [3.05, 3.63) is 42.1 Å². The lowest BCUT2D eigenvalue weighted by molar-refractivity contribution is 0.885. The van der Waals surface area contributed by atoms with Gasteiger partial charge in [0.2, 0.25) is 0 Å². The molecule has 1 nitrogen and oxygen atoms in total. The first-order chi connectivity index (χ1) is 6.81. The average molecular weight is 206 g/mol. The van der Waals surface area contributed by atoms with E-state index in [2.05, 4.69) is 36.2 Å². The summed E-state index contributed by atoms with van der Waals surface area (Å²) >= 11 is 6.16. The average Bonchev–Trinajstić information content (AvgIpc) is 2.27. The Morgan fingerprint density at radius 2 is 2.21 bits per heavy atom. The monoisotopic (exact) mass is 205 g/mol. The van der Waals surface area contributed by atoms with Gasteiger partial charge in [0.05, 0.1) is 10.9 Å². The summed E-state index contributed by atoms with van der Waals surface area (Å²) < 4.78 is 0. The van der Waals surface area contributed by atoms with Crippen LogP contribution in [-0.2, 0) is 0 Å². The Morgan fingerprint density at radius 3 is 3.00 bits per heavy atom. The van der Waals surface area contributed by atoms with Crippen molar-refractivity contribution in [2.75, 3.05) is 0 Å². The molecule has 0 aliphatic rings. The minimum absolute atomic E-state index is 0.0985. The highest BCUT2D eigenvalue weighted by Crippen LogP contribution is 2.25. The van der Waals surface area contributed by atoms with E-state index >= 15 is 0 Å². The van der Waals surface area contributed by atoms with Gasteiger partial charge in [-0.1, -0.05) is 25.1 Å². The molecular weight excluding hydrogens is 194 g/mol. The van der Waals surface area contributed by atoms with Crippen LogP contribution in [0.4, 0.5) is 0 Å². The summed E-state index contributed by atoms with van der Waals surface area (Å²) in [4.78, 5) is 4.30. The lowest BCUT2D eigenvalue weighted by Gasteiger charge is -2.07. The fourth-order valence-corrected chi connectivity index (χ4v) is 1.65. The zero-order valence-corrected chi connectivity index (χ0v) is 8.83. The third-order valence-corrected chi connectivity index (χ3v) is 2.91. The van der Waals surface area contributed by atoms with Crippen LogP contribution in [0.1, 0.15) is 24.3 Å². The van der Waals surface area contributed by atoms with E-state index in [0.29, 0.717) is 0 Å². The van der Waals surface area contributed by atoms with E-state index in [1.54, 1.807) is 6.20 Å². The highest BCUT2D eigenvalue weighted by molar-refractivity contribution is 6.20. The Labute approximate surface area is 88.7 Å². The third-order valence-electron chi connectivity index (χ3n) is 2.35. The Hall–Kier alpha value is -1.08. The van der Waals surface area contributed by atoms with Gasteiger partial charge in [0, 0.05) is 11.6 Å². The zero-order chi connectivity index (χ0) is 9.97. The van der Waals surface area contributed by atoms with Crippen molar-refractivity contribution in [3.63, 3.8) is 0 Å². The van der Waals surface area contributed by atoms with Crippen LogP contribution in [0, 0.1) is 0 Å². The molecule has 0 N–H and O–H groups in total. The van der Waals surface area contributed by atoms with E-state index in [1.165, 1.54) is 0 Å². The molecule has 0 aliphatic carbocycles. The van der Waals surface area contributed by atoms with E-state index in [-0.39, 0.29) is 5.38 Å². The minimum atomic E-state index is 0.0985. The van der Waals surface area contributed by atoms with Crippen LogP contribution < -0.4 is 0 Å². The molecule has 0 radical (unpaired) electrons. The number of rotatable bonds is 2. The molecule has 14 heavy (non-hydrogen) atoms. The number of aromatic nitrogens is 1. The molecule has 1 atom stereocenters. The van der Waals surface area contributed by atoms with E-state index in [9.17, 15) is 0 Å². The van der Waals surface area contributed by atoms with Crippen LogP contribution in [-0.4, -0.2) is 4.98 Å². The molecule has 72 valence electrons. The summed E-state index contributed by atoms with van der Waals surface area (Å²) in [5.41, 5.74) is 2.17. The van der Waals surface area contributed by atoms with Crippen molar-refractivity contribution in [2.24, 2.45) is 0 Å². The molecule has 0 bridgehead atoms. The van der Waals surface area contributed by atoms with Gasteiger partial charge >= 0.3 is 0 Å². The number of hydrogen-bond donors (Lipinski definition) is 0. The fourth-order valence-electron chi connectivity index (χ4n) is 1.51. The van der Waals surface area contributed by atoms with Gasteiger partial charge in [-0.15, -0.1) is 11.6 Å². The Morgan fingerprint density at radius 1 is 1.36 bits per heavy atom. The van der Waals surface area contributed by atoms with Gasteiger partial charge in [0.25, 0.3) is 0 Å². The first kappa shape index (κ1) is 9.47. The largest absolute Gasteiger partial charge is 0.256 e. The minimum Gasteiger partial charge on any atom is -0.256 e. The predicted octanol–water partition coefficient (Wildman–Crippen LogP) is 3.92. The van der Waals surface area contributed by atoms with Gasteiger partial charge in [-0.25, -0.2) is 0 Å². The first-order valence-corrected chi connectivity index (χ1v) is 5.23. The molecule has 2 heteroatoms. The molecule has 0 saturated carbocycles. The molecule has 0 fully saturated rings. The quantitative estimate of drug-likeness (QED) is 0.678. The summed E-state index contributed by atoms with van der Waals surface area (Å²) in [6.07, 6.45) is 2.75. The summed E-state index contributed by atoms with van der Waals surface area (Å²) in [6, 6.07) is 10.2. The van der Waals surface area contributed by atoms with Crippen molar-refractivity contribution >= 4 is 22.5 Å². The number of nitrogens with zero attached hydrogens (tertiary/aromatic N) is 1. The molecule has 2 aromatic rings. The second-order valence-electron chi connectivity index (χ2n) is 3.33. The van der Waals surface area contributed by atoms with E-state index in [0.717, 1.165) is 22.9 Å². The first-order valence-electron chi connectivity index (χ1n) is 4.80. The fraction of sp³-hybridized carbons (Fsp3) is 0.250. The van der Waals surface area contributed by atoms with Crippen LogP contribution >= 0.6 is 11.6 Å². The smallest absolute Gasteiger partial charge is 0.0705 e. The Bertz CT molecular complexity index is 439. The van der Waals surface area contributed by atoms with Crippen molar-refractivity contribution in [2.45, 2.75) is 18.7 Å². The maximum absolute atomic E-state index is 6.16. The molecule has 1 unspecified atom stereocenters. The van der Waals surface area contributed by atoms with Gasteiger partial charge in [-0.05, 0) is 24.1 Å². The predicted molar refractivity (Wildman–Crippen MR) is 60.6 cm³/mol. The van der Waals surface area contributed by atoms with Crippen LogP contribution in [0.15, 0.2) is 36.5 Å². The molecule has 2 rings (SSSR count).